The minimum absolute atomic E-state index is 0.574. The van der Waals surface area contributed by atoms with Gasteiger partial charge in [-0.2, -0.15) is 0 Å². The number of amidine groups is 1. The number of hydrogen-bond acceptors (Lipinski definition) is 4. The molecule has 0 unspecified atom stereocenters. The van der Waals surface area contributed by atoms with Gasteiger partial charge in [0.1, 0.15) is 23.1 Å². The summed E-state index contributed by atoms with van der Waals surface area (Å²) in [4.78, 5) is 13.9. The van der Waals surface area contributed by atoms with Gasteiger partial charge in [0.05, 0.1) is 41.7 Å². The Morgan fingerprint density at radius 2 is 1.07 bits per heavy atom. The van der Waals surface area contributed by atoms with E-state index in [4.69, 9.17) is 24.2 Å². The van der Waals surface area contributed by atoms with E-state index in [-0.39, 0.29) is 0 Å². The number of nitrogens with zero attached hydrogens (tertiary/aromatic N) is 2. The topological polar surface area (TPSA) is 68.2 Å². The highest BCUT2D eigenvalue weighted by Gasteiger charge is 2.28. The molecule has 0 amide bonds. The smallest absolute Gasteiger partial charge is 0.164 e. The standard InChI is InChI=1S/C35H26Br3N3O3/c1-42-25-14-6-20(7-15-25)28-30(37)32(22-4-12-24(36)13-5-22)39-34(28)41-35-29(21-8-16-26(43-2)17-9-21)31(38)33(40-35)23-10-18-27(44-3)19-11-23/h4-19,40H,1-3H3. The molecule has 0 bridgehead atoms. The van der Waals surface area contributed by atoms with Gasteiger partial charge in [0, 0.05) is 21.2 Å². The number of allylic oxidation sites excluding steroid dienone is 1. The monoisotopic (exact) mass is 773 g/mol. The van der Waals surface area contributed by atoms with Crippen molar-refractivity contribution in [2.24, 2.45) is 9.98 Å². The van der Waals surface area contributed by atoms with Gasteiger partial charge in [-0.3, -0.25) is 0 Å². The van der Waals surface area contributed by atoms with E-state index >= 15 is 0 Å². The maximum absolute atomic E-state index is 5.42. The predicted molar refractivity (Wildman–Crippen MR) is 189 cm³/mol. The lowest BCUT2D eigenvalue weighted by Gasteiger charge is -2.08. The number of aromatic amines is 1. The van der Waals surface area contributed by atoms with Crippen molar-refractivity contribution in [1.29, 1.82) is 0 Å². The average molecular weight is 776 g/mol. The molecule has 1 aliphatic heterocycles. The summed E-state index contributed by atoms with van der Waals surface area (Å²) in [5.41, 5.74) is 7.36. The molecule has 1 aromatic heterocycles. The van der Waals surface area contributed by atoms with E-state index in [0.717, 1.165) is 75.5 Å². The molecule has 4 aromatic carbocycles. The third-order valence-electron chi connectivity index (χ3n) is 7.26. The second-order valence-corrected chi connectivity index (χ2v) is 12.3. The van der Waals surface area contributed by atoms with Crippen LogP contribution in [0, 0.1) is 0 Å². The molecule has 0 radical (unpaired) electrons. The summed E-state index contributed by atoms with van der Waals surface area (Å²) in [7, 11) is 4.98. The van der Waals surface area contributed by atoms with E-state index < -0.39 is 0 Å². The fraction of sp³-hybridized carbons (Fsp3) is 0.0857. The minimum atomic E-state index is 0.574. The number of nitrogens with one attached hydrogen (secondary N) is 1. The molecule has 0 spiro atoms. The summed E-state index contributed by atoms with van der Waals surface area (Å²) >= 11 is 11.3. The first-order chi connectivity index (χ1) is 21.4. The minimum Gasteiger partial charge on any atom is -0.497 e. The molecule has 0 atom stereocenters. The molecule has 44 heavy (non-hydrogen) atoms. The summed E-state index contributed by atoms with van der Waals surface area (Å²) < 4.78 is 19.0. The Kier molecular flexibility index (Phi) is 8.88. The molecule has 0 saturated carbocycles. The zero-order valence-corrected chi connectivity index (χ0v) is 28.7. The number of ether oxygens (including phenoxy) is 3. The van der Waals surface area contributed by atoms with Gasteiger partial charge in [-0.1, -0.05) is 52.3 Å². The number of benzene rings is 4. The third kappa shape index (κ3) is 5.92. The summed E-state index contributed by atoms with van der Waals surface area (Å²) in [6, 6.07) is 31.8. The lowest BCUT2D eigenvalue weighted by molar-refractivity contribution is 0.414. The summed E-state index contributed by atoms with van der Waals surface area (Å²) in [6.07, 6.45) is 0. The van der Waals surface area contributed by atoms with Crippen LogP contribution in [0.25, 0.3) is 28.0 Å². The van der Waals surface area contributed by atoms with Crippen LogP contribution in [-0.4, -0.2) is 37.9 Å². The van der Waals surface area contributed by atoms with Crippen LogP contribution in [-0.2, 0) is 0 Å². The van der Waals surface area contributed by atoms with Crippen LogP contribution >= 0.6 is 47.8 Å². The molecule has 2 heterocycles. The fourth-order valence-corrected chi connectivity index (χ4v) is 6.69. The van der Waals surface area contributed by atoms with Crippen LogP contribution in [0.15, 0.2) is 120 Å². The van der Waals surface area contributed by atoms with Crippen LogP contribution in [0.1, 0.15) is 11.1 Å². The fourth-order valence-electron chi connectivity index (χ4n) is 4.95. The number of methoxy groups -OCH3 is 3. The van der Waals surface area contributed by atoms with Crippen molar-refractivity contribution < 1.29 is 14.2 Å². The number of H-pyrrole nitrogens is 1. The van der Waals surface area contributed by atoms with Crippen LogP contribution in [0.4, 0.5) is 5.82 Å². The van der Waals surface area contributed by atoms with Crippen LogP contribution in [0.2, 0.25) is 0 Å². The Labute approximate surface area is 280 Å². The molecule has 220 valence electrons. The SMILES string of the molecule is COc1ccc(C2=C(Br)C(c3ccc(Br)cc3)=NC2=Nc2[nH]c(-c3ccc(OC)cc3)c(Br)c2-c2ccc(OC)cc2)cc1. The van der Waals surface area contributed by atoms with Gasteiger partial charge in [-0.25, -0.2) is 9.98 Å². The Hall–Kier alpha value is -3.92. The molecule has 0 aliphatic carbocycles. The van der Waals surface area contributed by atoms with E-state index in [1.165, 1.54) is 0 Å². The van der Waals surface area contributed by atoms with Crippen molar-refractivity contribution in [2.75, 3.05) is 21.3 Å². The number of aromatic nitrogens is 1. The zero-order chi connectivity index (χ0) is 30.8. The van der Waals surface area contributed by atoms with Gasteiger partial charge in [0.15, 0.2) is 5.84 Å². The summed E-state index contributed by atoms with van der Waals surface area (Å²) in [5.74, 6) is 3.57. The average Bonchev–Trinajstić information content (AvgIpc) is 3.56. The Balaban J connectivity index is 1.56. The number of aliphatic imine (C=N–C) groups is 2. The molecule has 0 fully saturated rings. The molecule has 6 rings (SSSR count). The van der Waals surface area contributed by atoms with E-state index in [1.807, 2.05) is 97.1 Å². The molecular weight excluding hydrogens is 750 g/mol. The molecule has 1 aliphatic rings. The highest BCUT2D eigenvalue weighted by Crippen LogP contribution is 2.45. The third-order valence-corrected chi connectivity index (χ3v) is 9.35. The largest absolute Gasteiger partial charge is 0.497 e. The van der Waals surface area contributed by atoms with E-state index in [9.17, 15) is 0 Å². The van der Waals surface area contributed by atoms with E-state index in [1.54, 1.807) is 21.3 Å². The first-order valence-corrected chi connectivity index (χ1v) is 16.0. The molecular formula is C35H26Br3N3O3. The predicted octanol–water partition coefficient (Wildman–Crippen LogP) is 10.2. The lowest BCUT2D eigenvalue weighted by atomic mass is 10.0. The van der Waals surface area contributed by atoms with Gasteiger partial charge in [-0.05, 0) is 109 Å². The quantitative estimate of drug-likeness (QED) is 0.171. The van der Waals surface area contributed by atoms with Crippen molar-refractivity contribution in [1.82, 2.24) is 4.98 Å². The van der Waals surface area contributed by atoms with Gasteiger partial charge in [0.2, 0.25) is 0 Å². The normalized spacial score (nSPS) is 13.8. The highest BCUT2D eigenvalue weighted by molar-refractivity contribution is 9.12. The first kappa shape index (κ1) is 30.1. The molecule has 9 heteroatoms. The number of rotatable bonds is 8. The molecule has 6 nitrogen and oxygen atoms in total. The lowest BCUT2D eigenvalue weighted by Crippen LogP contribution is -1.97. The van der Waals surface area contributed by atoms with E-state index in [2.05, 4.69) is 52.8 Å². The van der Waals surface area contributed by atoms with Crippen LogP contribution < -0.4 is 14.2 Å². The van der Waals surface area contributed by atoms with E-state index in [0.29, 0.717) is 11.7 Å². The second kappa shape index (κ2) is 13.0. The van der Waals surface area contributed by atoms with Crippen LogP contribution in [0.3, 0.4) is 0 Å². The molecule has 5 aromatic rings. The van der Waals surface area contributed by atoms with Gasteiger partial charge >= 0.3 is 0 Å². The van der Waals surface area contributed by atoms with Gasteiger partial charge < -0.3 is 19.2 Å². The second-order valence-electron chi connectivity index (χ2n) is 9.81. The molecule has 0 saturated heterocycles. The van der Waals surface area contributed by atoms with Gasteiger partial charge in [-0.15, -0.1) is 0 Å². The zero-order valence-electron chi connectivity index (χ0n) is 24.0. The van der Waals surface area contributed by atoms with Crippen molar-refractivity contribution in [3.63, 3.8) is 0 Å². The van der Waals surface area contributed by atoms with Crippen molar-refractivity contribution in [2.45, 2.75) is 0 Å². The summed E-state index contributed by atoms with van der Waals surface area (Å²) in [6.45, 7) is 0. The highest BCUT2D eigenvalue weighted by atomic mass is 79.9. The van der Waals surface area contributed by atoms with Gasteiger partial charge in [0.25, 0.3) is 0 Å². The Morgan fingerprint density at radius 1 is 0.591 bits per heavy atom. The number of halogens is 3. The van der Waals surface area contributed by atoms with Crippen molar-refractivity contribution in [3.05, 3.63) is 122 Å². The Morgan fingerprint density at radius 3 is 1.59 bits per heavy atom. The molecule has 1 N–H and O–H groups in total. The first-order valence-electron chi connectivity index (χ1n) is 13.6. The Bertz CT molecular complexity index is 1910. The maximum atomic E-state index is 5.42. The maximum Gasteiger partial charge on any atom is 0.164 e. The van der Waals surface area contributed by atoms with Crippen molar-refractivity contribution >= 4 is 70.7 Å². The summed E-state index contributed by atoms with van der Waals surface area (Å²) in [5, 5.41) is 0. The van der Waals surface area contributed by atoms with Crippen molar-refractivity contribution in [3.8, 4) is 39.6 Å². The van der Waals surface area contributed by atoms with Crippen LogP contribution in [0.5, 0.6) is 17.2 Å². The number of hydrogen-bond donors (Lipinski definition) is 1.